The van der Waals surface area contributed by atoms with Crippen molar-refractivity contribution in [1.29, 1.82) is 0 Å². The highest BCUT2D eigenvalue weighted by atomic mass is 35.5. The Kier molecular flexibility index (Phi) is 3.95. The quantitative estimate of drug-likeness (QED) is 0.848. The van der Waals surface area contributed by atoms with Gasteiger partial charge in [0.15, 0.2) is 0 Å². The number of rotatable bonds is 3. The molecule has 0 aliphatic rings. The van der Waals surface area contributed by atoms with Gasteiger partial charge < -0.3 is 5.32 Å². The highest BCUT2D eigenvalue weighted by Crippen LogP contribution is 2.29. The lowest BCUT2D eigenvalue weighted by atomic mass is 10.1. The Labute approximate surface area is 113 Å². The molecule has 2 aromatic rings. The summed E-state index contributed by atoms with van der Waals surface area (Å²) in [4.78, 5) is 3.83. The smallest absolute Gasteiger partial charge is 0.381 e. The van der Waals surface area contributed by atoms with E-state index in [2.05, 4.69) is 10.3 Å². The maximum absolute atomic E-state index is 12.4. The van der Waals surface area contributed by atoms with Gasteiger partial charge in [-0.1, -0.05) is 23.7 Å². The van der Waals surface area contributed by atoms with Gasteiger partial charge in [0.25, 0.3) is 0 Å². The lowest BCUT2D eigenvalue weighted by Crippen LogP contribution is -2.05. The highest BCUT2D eigenvalue weighted by Gasteiger charge is 2.29. The summed E-state index contributed by atoms with van der Waals surface area (Å²) >= 11 is 5.72. The van der Waals surface area contributed by atoms with Gasteiger partial charge in [-0.15, -0.1) is 0 Å². The number of alkyl halides is 3. The van der Waals surface area contributed by atoms with Crippen molar-refractivity contribution in [3.63, 3.8) is 0 Å². The van der Waals surface area contributed by atoms with E-state index in [-0.39, 0.29) is 0 Å². The Hall–Kier alpha value is -1.75. The Morgan fingerprint density at radius 3 is 2.37 bits per heavy atom. The minimum Gasteiger partial charge on any atom is -0.381 e. The molecule has 0 fully saturated rings. The molecule has 1 aromatic heterocycles. The first-order chi connectivity index (χ1) is 8.95. The lowest BCUT2D eigenvalue weighted by Gasteiger charge is -2.09. The number of nitrogens with zero attached hydrogens (tertiary/aromatic N) is 1. The van der Waals surface area contributed by atoms with E-state index < -0.39 is 11.7 Å². The maximum atomic E-state index is 12.4. The summed E-state index contributed by atoms with van der Waals surface area (Å²) in [7, 11) is 0. The van der Waals surface area contributed by atoms with E-state index in [9.17, 15) is 13.2 Å². The van der Waals surface area contributed by atoms with Crippen LogP contribution >= 0.6 is 11.6 Å². The van der Waals surface area contributed by atoms with Crippen LogP contribution in [0.25, 0.3) is 0 Å². The minimum atomic E-state index is -4.30. The van der Waals surface area contributed by atoms with Crippen LogP contribution in [0.1, 0.15) is 11.1 Å². The van der Waals surface area contributed by atoms with Gasteiger partial charge in [0, 0.05) is 18.4 Å². The first-order valence-electron chi connectivity index (χ1n) is 5.47. The first-order valence-corrected chi connectivity index (χ1v) is 5.84. The number of nitrogens with one attached hydrogen (secondary N) is 1. The third-order valence-electron chi connectivity index (χ3n) is 2.50. The van der Waals surface area contributed by atoms with E-state index in [4.69, 9.17) is 11.6 Å². The largest absolute Gasteiger partial charge is 0.416 e. The van der Waals surface area contributed by atoms with Crippen LogP contribution in [0.5, 0.6) is 0 Å². The first kappa shape index (κ1) is 13.7. The van der Waals surface area contributed by atoms with Crippen LogP contribution in [-0.2, 0) is 12.7 Å². The molecule has 0 atom stereocenters. The highest BCUT2D eigenvalue weighted by molar-refractivity contribution is 6.29. The Morgan fingerprint density at radius 1 is 1.11 bits per heavy atom. The second-order valence-corrected chi connectivity index (χ2v) is 4.30. The molecule has 100 valence electrons. The molecule has 2 nitrogen and oxygen atoms in total. The van der Waals surface area contributed by atoms with Gasteiger partial charge in [0.1, 0.15) is 5.15 Å². The average Bonchev–Trinajstić information content (AvgIpc) is 2.36. The fraction of sp³-hybridized carbons (Fsp3) is 0.154. The summed E-state index contributed by atoms with van der Waals surface area (Å²) in [5.41, 5.74) is 0.865. The van der Waals surface area contributed by atoms with E-state index in [0.717, 1.165) is 23.4 Å². The summed E-state index contributed by atoms with van der Waals surface area (Å²) in [5.74, 6) is 0. The van der Waals surface area contributed by atoms with Crippen LogP contribution in [0, 0.1) is 0 Å². The SMILES string of the molecule is FC(F)(F)c1ccc(CNc2ccnc(Cl)c2)cc1. The zero-order chi connectivity index (χ0) is 13.9. The number of aromatic nitrogens is 1. The molecule has 0 radical (unpaired) electrons. The predicted molar refractivity (Wildman–Crippen MR) is 68.0 cm³/mol. The Balaban J connectivity index is 2.01. The van der Waals surface area contributed by atoms with Gasteiger partial charge in [-0.05, 0) is 29.8 Å². The number of halogens is 4. The normalized spacial score (nSPS) is 11.4. The van der Waals surface area contributed by atoms with Gasteiger partial charge in [-0.25, -0.2) is 4.98 Å². The topological polar surface area (TPSA) is 24.9 Å². The van der Waals surface area contributed by atoms with Crippen LogP contribution in [0.2, 0.25) is 5.15 Å². The number of benzene rings is 1. The second-order valence-electron chi connectivity index (χ2n) is 3.92. The number of hydrogen-bond acceptors (Lipinski definition) is 2. The molecule has 1 aromatic carbocycles. The fourth-order valence-corrected chi connectivity index (χ4v) is 1.70. The molecule has 0 aliphatic carbocycles. The summed E-state index contributed by atoms with van der Waals surface area (Å²) in [6.45, 7) is 0.415. The minimum absolute atomic E-state index is 0.359. The molecular formula is C13H10ClF3N2. The molecule has 0 spiro atoms. The predicted octanol–water partition coefficient (Wildman–Crippen LogP) is 4.37. The van der Waals surface area contributed by atoms with Gasteiger partial charge in [0.05, 0.1) is 5.56 Å². The van der Waals surface area contributed by atoms with Crippen molar-refractivity contribution in [2.75, 3.05) is 5.32 Å². The summed E-state index contributed by atoms with van der Waals surface area (Å²) in [6, 6.07) is 8.39. The number of anilines is 1. The number of pyridine rings is 1. The molecule has 0 amide bonds. The summed E-state index contributed by atoms with van der Waals surface area (Å²) in [5, 5.41) is 3.41. The van der Waals surface area contributed by atoms with Crippen LogP contribution in [0.4, 0.5) is 18.9 Å². The third-order valence-corrected chi connectivity index (χ3v) is 2.71. The molecule has 0 aliphatic heterocycles. The van der Waals surface area contributed by atoms with E-state index in [1.165, 1.54) is 12.1 Å². The summed E-state index contributed by atoms with van der Waals surface area (Å²) < 4.78 is 37.1. The van der Waals surface area contributed by atoms with E-state index in [1.54, 1.807) is 18.3 Å². The maximum Gasteiger partial charge on any atom is 0.416 e. The van der Waals surface area contributed by atoms with Crippen molar-refractivity contribution in [3.8, 4) is 0 Å². The molecule has 0 bridgehead atoms. The number of hydrogen-bond donors (Lipinski definition) is 1. The summed E-state index contributed by atoms with van der Waals surface area (Å²) in [6.07, 6.45) is -2.75. The third kappa shape index (κ3) is 3.86. The standard InChI is InChI=1S/C13H10ClF3N2/c14-12-7-11(5-6-18-12)19-8-9-1-3-10(4-2-9)13(15,16)17/h1-7H,8H2,(H,18,19). The van der Waals surface area contributed by atoms with E-state index >= 15 is 0 Å². The van der Waals surface area contributed by atoms with Crippen molar-refractivity contribution in [1.82, 2.24) is 4.98 Å². The molecular weight excluding hydrogens is 277 g/mol. The van der Waals surface area contributed by atoms with Gasteiger partial charge >= 0.3 is 6.18 Å². The van der Waals surface area contributed by atoms with Crippen LogP contribution < -0.4 is 5.32 Å². The van der Waals surface area contributed by atoms with Crippen LogP contribution in [-0.4, -0.2) is 4.98 Å². The molecule has 0 saturated carbocycles. The fourth-order valence-electron chi connectivity index (χ4n) is 1.53. The average molecular weight is 287 g/mol. The van der Waals surface area contributed by atoms with Gasteiger partial charge in [0.2, 0.25) is 0 Å². The van der Waals surface area contributed by atoms with Gasteiger partial charge in [-0.3, -0.25) is 0 Å². The van der Waals surface area contributed by atoms with Crippen molar-refractivity contribution in [2.45, 2.75) is 12.7 Å². The second kappa shape index (κ2) is 5.48. The zero-order valence-corrected chi connectivity index (χ0v) is 10.5. The molecule has 6 heteroatoms. The van der Waals surface area contributed by atoms with Gasteiger partial charge in [-0.2, -0.15) is 13.2 Å². The molecule has 1 heterocycles. The van der Waals surface area contributed by atoms with Crippen LogP contribution in [0.15, 0.2) is 42.6 Å². The monoisotopic (exact) mass is 286 g/mol. The lowest BCUT2D eigenvalue weighted by molar-refractivity contribution is -0.137. The molecule has 0 saturated heterocycles. The van der Waals surface area contributed by atoms with Crippen molar-refractivity contribution >= 4 is 17.3 Å². The molecule has 2 rings (SSSR count). The molecule has 1 N–H and O–H groups in total. The zero-order valence-electron chi connectivity index (χ0n) is 9.71. The Morgan fingerprint density at radius 2 is 1.79 bits per heavy atom. The van der Waals surface area contributed by atoms with Crippen LogP contribution in [0.3, 0.4) is 0 Å². The van der Waals surface area contributed by atoms with Crippen molar-refractivity contribution in [2.24, 2.45) is 0 Å². The molecule has 0 unspecified atom stereocenters. The van der Waals surface area contributed by atoms with E-state index in [1.807, 2.05) is 0 Å². The van der Waals surface area contributed by atoms with Crippen molar-refractivity contribution < 1.29 is 13.2 Å². The Bertz CT molecular complexity index is 553. The van der Waals surface area contributed by atoms with Crippen molar-refractivity contribution in [3.05, 3.63) is 58.9 Å². The molecule has 19 heavy (non-hydrogen) atoms. The van der Waals surface area contributed by atoms with E-state index in [0.29, 0.717) is 11.7 Å².